The minimum atomic E-state index is -4.70. The van der Waals surface area contributed by atoms with Gasteiger partial charge in [-0.15, -0.1) is 0 Å². The van der Waals surface area contributed by atoms with Crippen LogP contribution in [0.25, 0.3) is 0 Å². The van der Waals surface area contributed by atoms with Gasteiger partial charge in [-0.05, 0) is 25.1 Å². The molecule has 1 aliphatic rings. The van der Waals surface area contributed by atoms with Gasteiger partial charge >= 0.3 is 6.18 Å². The van der Waals surface area contributed by atoms with Crippen LogP contribution in [0.1, 0.15) is 12.0 Å². The predicted molar refractivity (Wildman–Crippen MR) is 80.6 cm³/mol. The van der Waals surface area contributed by atoms with Crippen LogP contribution in [0.3, 0.4) is 0 Å². The monoisotopic (exact) mass is 351 g/mol. The number of nitrogens with zero attached hydrogens (tertiary/aromatic N) is 1. The fourth-order valence-corrected chi connectivity index (χ4v) is 3.76. The predicted octanol–water partition coefficient (Wildman–Crippen LogP) is 1.28. The zero-order valence-corrected chi connectivity index (χ0v) is 13.4. The van der Waals surface area contributed by atoms with E-state index in [4.69, 9.17) is 0 Å². The highest BCUT2D eigenvalue weighted by atomic mass is 32.2. The molecule has 0 aliphatic carbocycles. The van der Waals surface area contributed by atoms with Crippen molar-refractivity contribution in [1.82, 2.24) is 14.9 Å². The van der Waals surface area contributed by atoms with E-state index in [1.165, 1.54) is 12.1 Å². The van der Waals surface area contributed by atoms with Crippen molar-refractivity contribution in [2.24, 2.45) is 0 Å². The molecule has 1 fully saturated rings. The Balaban J connectivity index is 1.94. The lowest BCUT2D eigenvalue weighted by molar-refractivity contribution is -0.139. The van der Waals surface area contributed by atoms with Crippen molar-refractivity contribution in [3.8, 4) is 0 Å². The fourth-order valence-electron chi connectivity index (χ4n) is 2.46. The molecular weight excluding hydrogens is 331 g/mol. The third-order valence-electron chi connectivity index (χ3n) is 3.63. The van der Waals surface area contributed by atoms with Crippen LogP contribution in [0.15, 0.2) is 29.2 Å². The van der Waals surface area contributed by atoms with Crippen LogP contribution < -0.4 is 10.0 Å². The molecule has 2 N–H and O–H groups in total. The Morgan fingerprint density at radius 1 is 1.17 bits per heavy atom. The summed E-state index contributed by atoms with van der Waals surface area (Å²) in [5, 5.41) is 3.21. The fraction of sp³-hybridized carbons (Fsp3) is 0.571. The molecule has 5 nitrogen and oxygen atoms in total. The molecule has 1 aromatic carbocycles. The Bertz CT molecular complexity index is 614. The topological polar surface area (TPSA) is 61.4 Å². The highest BCUT2D eigenvalue weighted by molar-refractivity contribution is 7.89. The number of halogens is 3. The third-order valence-corrected chi connectivity index (χ3v) is 5.15. The second-order valence-corrected chi connectivity index (χ2v) is 7.07. The van der Waals surface area contributed by atoms with Crippen LogP contribution in [0.5, 0.6) is 0 Å². The zero-order valence-electron chi connectivity index (χ0n) is 12.6. The van der Waals surface area contributed by atoms with Gasteiger partial charge in [0, 0.05) is 32.7 Å². The highest BCUT2D eigenvalue weighted by Gasteiger charge is 2.36. The summed E-state index contributed by atoms with van der Waals surface area (Å²) < 4.78 is 65.2. The number of rotatable bonds is 6. The normalized spacial score (nSPS) is 17.3. The van der Waals surface area contributed by atoms with Crippen molar-refractivity contribution in [2.45, 2.75) is 17.5 Å². The Kier molecular flexibility index (Phi) is 6.01. The number of benzene rings is 1. The van der Waals surface area contributed by atoms with Gasteiger partial charge in [0.1, 0.15) is 0 Å². The number of alkyl halides is 3. The number of nitrogens with one attached hydrogen (secondary N) is 2. The molecule has 1 saturated heterocycles. The summed E-state index contributed by atoms with van der Waals surface area (Å²) >= 11 is 0. The smallest absolute Gasteiger partial charge is 0.314 e. The van der Waals surface area contributed by atoms with Gasteiger partial charge in [0.05, 0.1) is 10.5 Å². The number of hydrogen-bond acceptors (Lipinski definition) is 4. The number of hydrogen-bond donors (Lipinski definition) is 2. The summed E-state index contributed by atoms with van der Waals surface area (Å²) in [6, 6.07) is 4.20. The summed E-state index contributed by atoms with van der Waals surface area (Å²) in [5.41, 5.74) is -1.14. The largest absolute Gasteiger partial charge is 0.417 e. The van der Waals surface area contributed by atoms with Gasteiger partial charge in [0.2, 0.25) is 10.0 Å². The van der Waals surface area contributed by atoms with E-state index in [-0.39, 0.29) is 6.54 Å². The quantitative estimate of drug-likeness (QED) is 0.758. The van der Waals surface area contributed by atoms with Crippen molar-refractivity contribution in [2.75, 3.05) is 39.3 Å². The molecule has 0 amide bonds. The van der Waals surface area contributed by atoms with Gasteiger partial charge in [-0.3, -0.25) is 0 Å². The lowest BCUT2D eigenvalue weighted by Crippen LogP contribution is -2.44. The summed E-state index contributed by atoms with van der Waals surface area (Å²) in [4.78, 5) is 1.46. The molecular formula is C14H20F3N3O2S. The van der Waals surface area contributed by atoms with E-state index >= 15 is 0 Å². The zero-order chi connectivity index (χ0) is 16.9. The Morgan fingerprint density at radius 3 is 2.48 bits per heavy atom. The van der Waals surface area contributed by atoms with Gasteiger partial charge in [0.25, 0.3) is 0 Å². The summed E-state index contributed by atoms with van der Waals surface area (Å²) in [6.07, 6.45) is -4.15. The van der Waals surface area contributed by atoms with Crippen molar-refractivity contribution < 1.29 is 21.6 Å². The highest BCUT2D eigenvalue weighted by Crippen LogP contribution is 2.33. The third kappa shape index (κ3) is 5.17. The summed E-state index contributed by atoms with van der Waals surface area (Å²) in [5.74, 6) is 0. The molecule has 0 spiro atoms. The maximum Gasteiger partial charge on any atom is 0.417 e. The van der Waals surface area contributed by atoms with Crippen molar-refractivity contribution in [3.63, 3.8) is 0 Å². The second kappa shape index (κ2) is 7.61. The standard InChI is InChI=1S/C14H20F3N3O2S/c15-14(16,17)12-4-1-2-5-13(12)23(21,22)19-6-3-9-20-10-7-18-8-11-20/h1-2,4-5,18-19H,3,6-11H2. The number of piperazine rings is 1. The molecule has 0 bridgehead atoms. The van der Waals surface area contributed by atoms with Gasteiger partial charge in [-0.2, -0.15) is 13.2 Å². The first-order chi connectivity index (χ1) is 10.8. The van der Waals surface area contributed by atoms with Gasteiger partial charge in [-0.1, -0.05) is 12.1 Å². The van der Waals surface area contributed by atoms with Gasteiger partial charge < -0.3 is 10.2 Å². The summed E-state index contributed by atoms with van der Waals surface area (Å²) in [6.45, 7) is 4.40. The first-order valence-electron chi connectivity index (χ1n) is 7.40. The molecule has 0 saturated carbocycles. The van der Waals surface area contributed by atoms with E-state index < -0.39 is 26.7 Å². The molecule has 1 aromatic rings. The average molecular weight is 351 g/mol. The lowest BCUT2D eigenvalue weighted by Gasteiger charge is -2.27. The Morgan fingerprint density at radius 2 is 1.83 bits per heavy atom. The van der Waals surface area contributed by atoms with E-state index in [0.717, 1.165) is 38.3 Å². The molecule has 23 heavy (non-hydrogen) atoms. The molecule has 0 radical (unpaired) electrons. The van der Waals surface area contributed by atoms with Crippen LogP contribution in [-0.2, 0) is 16.2 Å². The van der Waals surface area contributed by atoms with E-state index in [9.17, 15) is 21.6 Å². The molecule has 9 heteroatoms. The number of sulfonamides is 1. The van der Waals surface area contributed by atoms with Crippen LogP contribution in [-0.4, -0.2) is 52.6 Å². The van der Waals surface area contributed by atoms with E-state index in [1.54, 1.807) is 0 Å². The molecule has 0 atom stereocenters. The first-order valence-corrected chi connectivity index (χ1v) is 8.88. The van der Waals surface area contributed by atoms with Crippen LogP contribution >= 0.6 is 0 Å². The maximum absolute atomic E-state index is 12.9. The van der Waals surface area contributed by atoms with E-state index in [0.29, 0.717) is 13.0 Å². The molecule has 0 aromatic heterocycles. The molecule has 0 unspecified atom stereocenters. The van der Waals surface area contributed by atoms with E-state index in [1.807, 2.05) is 0 Å². The minimum absolute atomic E-state index is 0.110. The van der Waals surface area contributed by atoms with Crippen molar-refractivity contribution in [1.29, 1.82) is 0 Å². The van der Waals surface area contributed by atoms with Crippen LogP contribution in [0, 0.1) is 0 Å². The molecule has 1 heterocycles. The van der Waals surface area contributed by atoms with Gasteiger partial charge in [0.15, 0.2) is 0 Å². The average Bonchev–Trinajstić information content (AvgIpc) is 2.52. The van der Waals surface area contributed by atoms with Crippen molar-refractivity contribution >= 4 is 10.0 Å². The lowest BCUT2D eigenvalue weighted by atomic mass is 10.2. The minimum Gasteiger partial charge on any atom is -0.314 e. The SMILES string of the molecule is O=S(=O)(NCCCN1CCNCC1)c1ccccc1C(F)(F)F. The molecule has 2 rings (SSSR count). The maximum atomic E-state index is 12.9. The summed E-state index contributed by atoms with van der Waals surface area (Å²) in [7, 11) is -4.18. The van der Waals surface area contributed by atoms with Crippen LogP contribution in [0.2, 0.25) is 0 Å². The van der Waals surface area contributed by atoms with Gasteiger partial charge in [-0.25, -0.2) is 13.1 Å². The van der Waals surface area contributed by atoms with Crippen LogP contribution in [0.4, 0.5) is 13.2 Å². The second-order valence-electron chi connectivity index (χ2n) is 5.34. The van der Waals surface area contributed by atoms with E-state index in [2.05, 4.69) is 14.9 Å². The molecule has 1 aliphatic heterocycles. The van der Waals surface area contributed by atoms with Crippen molar-refractivity contribution in [3.05, 3.63) is 29.8 Å². The Labute approximate surface area is 133 Å². The first kappa shape index (κ1) is 18.2. The Hall–Kier alpha value is -1.16. The molecule has 130 valence electrons.